The van der Waals surface area contributed by atoms with Gasteiger partial charge in [-0.25, -0.2) is 0 Å². The van der Waals surface area contributed by atoms with Crippen LogP contribution in [0.2, 0.25) is 0 Å². The molecular formula is C32H30. The van der Waals surface area contributed by atoms with Gasteiger partial charge in [0.15, 0.2) is 0 Å². The minimum atomic E-state index is 1.14. The summed E-state index contributed by atoms with van der Waals surface area (Å²) < 4.78 is 0. The molecule has 6 rings (SSSR count). The molecule has 0 nitrogen and oxygen atoms in total. The van der Waals surface area contributed by atoms with Gasteiger partial charge in [0, 0.05) is 0 Å². The van der Waals surface area contributed by atoms with Crippen molar-refractivity contribution >= 4 is 53.9 Å². The zero-order valence-electron chi connectivity index (χ0n) is 19.2. The maximum atomic E-state index is 2.37. The predicted octanol–water partition coefficient (Wildman–Crippen LogP) is 9.58. The third kappa shape index (κ3) is 2.75. The van der Waals surface area contributed by atoms with E-state index in [2.05, 4.69) is 86.6 Å². The Morgan fingerprint density at radius 1 is 0.438 bits per heavy atom. The third-order valence-corrected chi connectivity index (χ3v) is 7.41. The highest BCUT2D eigenvalue weighted by Gasteiger charge is 2.20. The summed E-state index contributed by atoms with van der Waals surface area (Å²) in [5, 5.41) is 14.5. The molecule has 0 N–H and O–H groups in total. The number of hydrogen-bond acceptors (Lipinski definition) is 0. The monoisotopic (exact) mass is 414 g/mol. The molecule has 0 saturated carbocycles. The zero-order valence-corrected chi connectivity index (χ0v) is 19.2. The molecular weight excluding hydrogens is 384 g/mol. The molecule has 0 aliphatic heterocycles. The summed E-state index contributed by atoms with van der Waals surface area (Å²) in [6, 6.07) is 27.6. The Morgan fingerprint density at radius 2 is 0.812 bits per heavy atom. The Morgan fingerprint density at radius 3 is 1.19 bits per heavy atom. The molecule has 0 fully saturated rings. The third-order valence-electron chi connectivity index (χ3n) is 7.41. The number of unbranched alkanes of at least 4 members (excludes halogenated alkanes) is 2. The lowest BCUT2D eigenvalue weighted by atomic mass is 9.81. The van der Waals surface area contributed by atoms with Gasteiger partial charge in [-0.15, -0.1) is 0 Å². The highest BCUT2D eigenvalue weighted by molar-refractivity contribution is 6.33. The fourth-order valence-corrected chi connectivity index (χ4v) is 5.99. The van der Waals surface area contributed by atoms with Gasteiger partial charge in [-0.05, 0) is 90.7 Å². The molecule has 0 heterocycles. The first-order valence-electron chi connectivity index (χ1n) is 12.3. The number of benzene rings is 6. The van der Waals surface area contributed by atoms with E-state index in [4.69, 9.17) is 0 Å². The smallest absolute Gasteiger partial charge is 0.00295 e. The van der Waals surface area contributed by atoms with Crippen molar-refractivity contribution in [3.63, 3.8) is 0 Å². The van der Waals surface area contributed by atoms with Crippen molar-refractivity contribution in [1.82, 2.24) is 0 Å². The van der Waals surface area contributed by atoms with Crippen molar-refractivity contribution in [1.29, 1.82) is 0 Å². The fourth-order valence-electron chi connectivity index (χ4n) is 5.99. The largest absolute Gasteiger partial charge is 0.0654 e. The van der Waals surface area contributed by atoms with Gasteiger partial charge in [-0.1, -0.05) is 99.5 Å². The lowest BCUT2D eigenvalue weighted by Crippen LogP contribution is -1.99. The maximum Gasteiger partial charge on any atom is -0.00295 e. The van der Waals surface area contributed by atoms with E-state index in [0.717, 1.165) is 12.8 Å². The molecule has 32 heavy (non-hydrogen) atoms. The van der Waals surface area contributed by atoms with Crippen molar-refractivity contribution in [2.45, 2.75) is 52.4 Å². The first-order chi connectivity index (χ1) is 15.8. The van der Waals surface area contributed by atoms with E-state index in [1.54, 1.807) is 11.1 Å². The average Bonchev–Trinajstić information content (AvgIpc) is 2.84. The topological polar surface area (TPSA) is 0 Å². The molecule has 0 atom stereocenters. The van der Waals surface area contributed by atoms with Gasteiger partial charge in [-0.3, -0.25) is 0 Å². The first-order valence-corrected chi connectivity index (χ1v) is 12.3. The summed E-state index contributed by atoms with van der Waals surface area (Å²) in [7, 11) is 0. The molecule has 0 aliphatic carbocycles. The van der Waals surface area contributed by atoms with Crippen molar-refractivity contribution < 1.29 is 0 Å². The lowest BCUT2D eigenvalue weighted by Gasteiger charge is -2.22. The van der Waals surface area contributed by atoms with Crippen LogP contribution in [0.25, 0.3) is 53.9 Å². The van der Waals surface area contributed by atoms with Gasteiger partial charge in [-0.2, -0.15) is 0 Å². The Kier molecular flexibility index (Phi) is 4.76. The second-order valence-electron chi connectivity index (χ2n) is 9.33. The predicted molar refractivity (Wildman–Crippen MR) is 142 cm³/mol. The van der Waals surface area contributed by atoms with Crippen molar-refractivity contribution in [2.75, 3.05) is 0 Å². The van der Waals surface area contributed by atoms with Crippen LogP contribution in [0.3, 0.4) is 0 Å². The molecule has 0 radical (unpaired) electrons. The molecule has 0 heteroatoms. The van der Waals surface area contributed by atoms with Gasteiger partial charge in [0.25, 0.3) is 0 Å². The molecule has 0 unspecified atom stereocenters. The Bertz CT molecular complexity index is 1450. The van der Waals surface area contributed by atoms with Gasteiger partial charge < -0.3 is 0 Å². The number of hydrogen-bond donors (Lipinski definition) is 0. The second kappa shape index (κ2) is 7.78. The summed E-state index contributed by atoms with van der Waals surface area (Å²) in [5.41, 5.74) is 3.12. The molecule has 0 amide bonds. The highest BCUT2D eigenvalue weighted by Crippen LogP contribution is 2.45. The van der Waals surface area contributed by atoms with E-state index in [1.807, 2.05) is 0 Å². The summed E-state index contributed by atoms with van der Waals surface area (Å²) >= 11 is 0. The average molecular weight is 415 g/mol. The number of aryl methyl sites for hydroxylation is 2. The van der Waals surface area contributed by atoms with Gasteiger partial charge in [0.1, 0.15) is 0 Å². The zero-order chi connectivity index (χ0) is 21.7. The van der Waals surface area contributed by atoms with Crippen molar-refractivity contribution in [2.24, 2.45) is 0 Å². The van der Waals surface area contributed by atoms with Crippen LogP contribution in [0, 0.1) is 0 Å². The molecule has 0 aromatic heterocycles. The van der Waals surface area contributed by atoms with Gasteiger partial charge >= 0.3 is 0 Å². The van der Waals surface area contributed by atoms with Crippen LogP contribution in [0.4, 0.5) is 0 Å². The van der Waals surface area contributed by atoms with E-state index >= 15 is 0 Å². The van der Waals surface area contributed by atoms with Crippen LogP contribution in [0.1, 0.15) is 50.7 Å². The van der Waals surface area contributed by atoms with Crippen LogP contribution < -0.4 is 0 Å². The lowest BCUT2D eigenvalue weighted by molar-refractivity contribution is 0.800. The van der Waals surface area contributed by atoms with Gasteiger partial charge in [0.2, 0.25) is 0 Å². The van der Waals surface area contributed by atoms with E-state index < -0.39 is 0 Å². The van der Waals surface area contributed by atoms with E-state index in [0.29, 0.717) is 0 Å². The number of fused-ring (bicyclic) bond motifs is 3. The summed E-state index contributed by atoms with van der Waals surface area (Å²) in [6.45, 7) is 4.62. The van der Waals surface area contributed by atoms with Crippen molar-refractivity contribution in [3.05, 3.63) is 83.9 Å². The quantitative estimate of drug-likeness (QED) is 0.188. The van der Waals surface area contributed by atoms with Crippen LogP contribution in [-0.4, -0.2) is 0 Å². The van der Waals surface area contributed by atoms with Crippen LogP contribution in [-0.2, 0) is 12.8 Å². The van der Waals surface area contributed by atoms with Crippen LogP contribution in [0.5, 0.6) is 0 Å². The van der Waals surface area contributed by atoms with Crippen LogP contribution in [0.15, 0.2) is 72.8 Å². The second-order valence-corrected chi connectivity index (χ2v) is 9.33. The Balaban J connectivity index is 1.95. The number of rotatable bonds is 6. The Hall–Kier alpha value is -3.12. The minimum Gasteiger partial charge on any atom is -0.0654 e. The first kappa shape index (κ1) is 19.6. The highest BCUT2D eigenvalue weighted by atomic mass is 14.2. The Labute approximate surface area is 190 Å². The minimum absolute atomic E-state index is 1.14. The summed E-state index contributed by atoms with van der Waals surface area (Å²) in [6.07, 6.45) is 7.18. The van der Waals surface area contributed by atoms with E-state index in [-0.39, 0.29) is 0 Å². The molecule has 6 aromatic carbocycles. The van der Waals surface area contributed by atoms with Crippen molar-refractivity contribution in [3.8, 4) is 0 Å². The van der Waals surface area contributed by atoms with Gasteiger partial charge in [0.05, 0.1) is 0 Å². The normalized spacial score (nSPS) is 12.2. The molecule has 0 aliphatic rings. The SMILES string of the molecule is CCCCc1c2cccc3cccc(c4c(CCCC)c5cccc6cccc(c14)c65)c32. The molecule has 0 spiro atoms. The van der Waals surface area contributed by atoms with E-state index in [1.165, 1.54) is 79.5 Å². The standard InChI is InChI=1S/C32H30/c1-3-5-15-25-23-17-7-11-21-13-10-20-28(29(21)23)32-26(16-6-4-2)24-18-8-12-22-14-9-19-27(30(22)24)31(25)32/h7-14,17-20H,3-6,15-16H2,1-2H3. The summed E-state index contributed by atoms with van der Waals surface area (Å²) in [4.78, 5) is 0. The fraction of sp³-hybridized carbons (Fsp3) is 0.250. The molecule has 158 valence electrons. The maximum absolute atomic E-state index is 2.37. The molecule has 0 saturated heterocycles. The molecule has 0 bridgehead atoms. The van der Waals surface area contributed by atoms with Crippen LogP contribution >= 0.6 is 0 Å². The van der Waals surface area contributed by atoms with E-state index in [9.17, 15) is 0 Å². The summed E-state index contributed by atoms with van der Waals surface area (Å²) in [5.74, 6) is 0. The molecule has 6 aromatic rings.